The van der Waals surface area contributed by atoms with Crippen LogP contribution in [0.5, 0.6) is 5.75 Å². The fraction of sp³-hybridized carbons (Fsp3) is 0.286. The molecule has 2 aliphatic rings. The predicted molar refractivity (Wildman–Crippen MR) is 150 cm³/mol. The molecule has 0 spiro atoms. The minimum atomic E-state index is -0.251. The van der Waals surface area contributed by atoms with Crippen LogP contribution in [-0.4, -0.2) is 73.7 Å². The molecule has 12 nitrogen and oxygen atoms in total. The second-order valence-electron chi connectivity index (χ2n) is 9.63. The number of hydrogen-bond donors (Lipinski definition) is 3. The fourth-order valence-corrected chi connectivity index (χ4v) is 4.57. The second-order valence-corrected chi connectivity index (χ2v) is 9.63. The van der Waals surface area contributed by atoms with Gasteiger partial charge in [-0.1, -0.05) is 18.1 Å². The number of carbonyl (C=O) groups is 1. The van der Waals surface area contributed by atoms with Gasteiger partial charge in [0.05, 0.1) is 24.0 Å². The SMILES string of the molecule is Nc1nnc(-c2ccccc2O)cc1N1CCN(c2ccnc(C#CCNC(=O)c3ccn(C4CC4)n3)n2)CC1. The molecule has 2 fully saturated rings. The van der Waals surface area contributed by atoms with Gasteiger partial charge in [-0.25, -0.2) is 9.97 Å². The van der Waals surface area contributed by atoms with E-state index in [-0.39, 0.29) is 18.2 Å². The lowest BCUT2D eigenvalue weighted by Gasteiger charge is -2.36. The van der Waals surface area contributed by atoms with Crippen LogP contribution in [0.1, 0.15) is 35.2 Å². The maximum Gasteiger partial charge on any atom is 0.272 e. The summed E-state index contributed by atoms with van der Waals surface area (Å²) in [5.74, 6) is 7.26. The summed E-state index contributed by atoms with van der Waals surface area (Å²) in [4.78, 5) is 25.5. The Bertz CT molecular complexity index is 1600. The average Bonchev–Trinajstić information content (AvgIpc) is 3.72. The monoisotopic (exact) mass is 536 g/mol. The summed E-state index contributed by atoms with van der Waals surface area (Å²) in [5.41, 5.74) is 8.51. The van der Waals surface area contributed by atoms with Crippen LogP contribution in [0, 0.1) is 11.8 Å². The van der Waals surface area contributed by atoms with Gasteiger partial charge >= 0.3 is 0 Å². The van der Waals surface area contributed by atoms with Crippen LogP contribution >= 0.6 is 0 Å². The molecule has 12 heteroatoms. The first-order valence-corrected chi connectivity index (χ1v) is 13.1. The van der Waals surface area contributed by atoms with Crippen molar-refractivity contribution >= 4 is 23.2 Å². The van der Waals surface area contributed by atoms with E-state index in [4.69, 9.17) is 5.73 Å². The number of nitrogen functional groups attached to an aromatic ring is 1. The lowest BCUT2D eigenvalue weighted by molar-refractivity contribution is 0.0953. The molecule has 1 aliphatic heterocycles. The summed E-state index contributed by atoms with van der Waals surface area (Å²) < 4.78 is 1.84. The largest absolute Gasteiger partial charge is 0.507 e. The van der Waals surface area contributed by atoms with Crippen molar-refractivity contribution in [3.8, 4) is 28.8 Å². The normalized spacial score (nSPS) is 14.9. The molecular formula is C28H28N10O2. The zero-order valence-corrected chi connectivity index (χ0v) is 21.7. The van der Waals surface area contributed by atoms with E-state index in [9.17, 15) is 9.90 Å². The Labute approximate surface area is 230 Å². The van der Waals surface area contributed by atoms with Gasteiger partial charge in [0.25, 0.3) is 5.91 Å². The molecule has 4 heterocycles. The number of benzene rings is 1. The standard InChI is InChI=1S/C28H28N10O2/c29-27-23(18-22(33-34-27)20-4-1-2-5-24(20)39)36-14-16-37(17-15-36)26-9-12-30-25(32-26)6-3-11-31-28(40)21-10-13-38(35-21)19-7-8-19/h1-2,4-5,9-10,12-13,18-19,39H,7-8,11,14-17H2,(H2,29,34)(H,31,40). The van der Waals surface area contributed by atoms with Crippen molar-refractivity contribution in [2.45, 2.75) is 18.9 Å². The summed E-state index contributed by atoms with van der Waals surface area (Å²) in [6.45, 7) is 2.99. The molecule has 40 heavy (non-hydrogen) atoms. The molecule has 3 aromatic heterocycles. The number of rotatable bonds is 6. The molecule has 1 saturated heterocycles. The number of phenols is 1. The second kappa shape index (κ2) is 10.9. The van der Waals surface area contributed by atoms with Crippen LogP contribution in [-0.2, 0) is 0 Å². The van der Waals surface area contributed by atoms with Crippen molar-refractivity contribution in [2.24, 2.45) is 0 Å². The smallest absolute Gasteiger partial charge is 0.272 e. The Kier molecular flexibility index (Phi) is 6.84. The number of para-hydroxylation sites is 1. The number of aromatic hydroxyl groups is 1. The molecule has 1 saturated carbocycles. The zero-order valence-electron chi connectivity index (χ0n) is 21.7. The number of nitrogens with two attached hydrogens (primary N) is 1. The molecule has 0 unspecified atom stereocenters. The molecule has 0 atom stereocenters. The Morgan fingerprint density at radius 3 is 2.67 bits per heavy atom. The molecule has 1 aliphatic carbocycles. The third-order valence-corrected chi connectivity index (χ3v) is 6.87. The highest BCUT2D eigenvalue weighted by Gasteiger charge is 2.25. The molecule has 4 aromatic rings. The van der Waals surface area contributed by atoms with E-state index < -0.39 is 0 Å². The number of phenolic OH excluding ortho intramolecular Hbond substituents is 1. The number of aromatic nitrogens is 6. The van der Waals surface area contributed by atoms with Gasteiger partial charge in [-0.05, 0) is 49.1 Å². The molecule has 0 radical (unpaired) electrons. The van der Waals surface area contributed by atoms with Gasteiger partial charge in [0, 0.05) is 44.1 Å². The molecule has 6 rings (SSSR count). The number of anilines is 3. The first kappa shape index (κ1) is 25.1. The lowest BCUT2D eigenvalue weighted by Crippen LogP contribution is -2.47. The van der Waals surface area contributed by atoms with Crippen LogP contribution in [0.3, 0.4) is 0 Å². The Hall–Kier alpha value is -5.18. The summed E-state index contributed by atoms with van der Waals surface area (Å²) in [7, 11) is 0. The van der Waals surface area contributed by atoms with Crippen molar-refractivity contribution < 1.29 is 9.90 Å². The van der Waals surface area contributed by atoms with Crippen molar-refractivity contribution in [1.29, 1.82) is 0 Å². The van der Waals surface area contributed by atoms with E-state index in [1.54, 1.807) is 30.5 Å². The highest BCUT2D eigenvalue weighted by molar-refractivity contribution is 5.92. The van der Waals surface area contributed by atoms with E-state index in [1.165, 1.54) is 0 Å². The van der Waals surface area contributed by atoms with E-state index in [2.05, 4.69) is 52.2 Å². The summed E-state index contributed by atoms with van der Waals surface area (Å²) >= 11 is 0. The van der Waals surface area contributed by atoms with E-state index in [0.29, 0.717) is 60.8 Å². The van der Waals surface area contributed by atoms with Crippen molar-refractivity contribution in [3.05, 3.63) is 66.4 Å². The van der Waals surface area contributed by atoms with Gasteiger partial charge in [0.2, 0.25) is 5.82 Å². The summed E-state index contributed by atoms with van der Waals surface area (Å²) in [6.07, 6.45) is 5.75. The third-order valence-electron chi connectivity index (χ3n) is 6.87. The lowest BCUT2D eigenvalue weighted by atomic mass is 10.1. The van der Waals surface area contributed by atoms with E-state index in [0.717, 1.165) is 24.3 Å². The first-order chi connectivity index (χ1) is 19.5. The maximum atomic E-state index is 12.3. The van der Waals surface area contributed by atoms with Crippen LogP contribution in [0.15, 0.2) is 54.9 Å². The molecule has 202 valence electrons. The number of amides is 1. The molecule has 1 amide bonds. The number of piperazine rings is 1. The van der Waals surface area contributed by atoms with Crippen LogP contribution in [0.4, 0.5) is 17.3 Å². The zero-order chi connectivity index (χ0) is 27.5. The Balaban J connectivity index is 1.05. The number of nitrogens with one attached hydrogen (secondary N) is 1. The third kappa shape index (κ3) is 5.49. The van der Waals surface area contributed by atoms with Crippen LogP contribution in [0.25, 0.3) is 11.3 Å². The topological polar surface area (TPSA) is 151 Å². The minimum Gasteiger partial charge on any atom is -0.507 e. The van der Waals surface area contributed by atoms with E-state index >= 15 is 0 Å². The number of hydrogen-bond acceptors (Lipinski definition) is 10. The van der Waals surface area contributed by atoms with Gasteiger partial charge < -0.3 is 26.0 Å². The highest BCUT2D eigenvalue weighted by Crippen LogP contribution is 2.34. The first-order valence-electron chi connectivity index (χ1n) is 13.1. The molecular weight excluding hydrogens is 508 g/mol. The average molecular weight is 537 g/mol. The fourth-order valence-electron chi connectivity index (χ4n) is 4.57. The van der Waals surface area contributed by atoms with Gasteiger partial charge in [-0.3, -0.25) is 9.48 Å². The summed E-state index contributed by atoms with van der Waals surface area (Å²) in [5, 5.41) is 25.6. The Morgan fingerprint density at radius 2 is 1.88 bits per heavy atom. The molecule has 1 aromatic carbocycles. The van der Waals surface area contributed by atoms with Crippen molar-refractivity contribution in [1.82, 2.24) is 35.3 Å². The van der Waals surface area contributed by atoms with Gasteiger partial charge in [0.1, 0.15) is 17.3 Å². The minimum absolute atomic E-state index is 0.142. The highest BCUT2D eigenvalue weighted by atomic mass is 16.3. The Morgan fingerprint density at radius 1 is 1.07 bits per heavy atom. The molecule has 0 bridgehead atoms. The van der Waals surface area contributed by atoms with Gasteiger partial charge in [-0.2, -0.15) is 5.10 Å². The van der Waals surface area contributed by atoms with Gasteiger partial charge in [0.15, 0.2) is 5.82 Å². The van der Waals surface area contributed by atoms with Crippen molar-refractivity contribution in [2.75, 3.05) is 48.3 Å². The predicted octanol–water partition coefficient (Wildman–Crippen LogP) is 1.86. The number of nitrogens with zero attached hydrogens (tertiary/aromatic N) is 8. The van der Waals surface area contributed by atoms with Crippen LogP contribution in [0.2, 0.25) is 0 Å². The quantitative estimate of drug-likeness (QED) is 0.312. The summed E-state index contributed by atoms with van der Waals surface area (Å²) in [6, 6.07) is 12.9. The van der Waals surface area contributed by atoms with E-state index in [1.807, 2.05) is 29.1 Å². The van der Waals surface area contributed by atoms with Crippen LogP contribution < -0.4 is 20.9 Å². The number of carbonyl (C=O) groups excluding carboxylic acids is 1. The maximum absolute atomic E-state index is 12.3. The molecule has 4 N–H and O–H groups in total. The van der Waals surface area contributed by atoms with Gasteiger partial charge in [-0.15, -0.1) is 10.2 Å². The van der Waals surface area contributed by atoms with Crippen molar-refractivity contribution in [3.63, 3.8) is 0 Å².